The van der Waals surface area contributed by atoms with E-state index in [1.54, 1.807) is 7.11 Å². The summed E-state index contributed by atoms with van der Waals surface area (Å²) in [5.41, 5.74) is 8.97. The SMILES string of the molecule is COC(C)CNC1(CN)CCc2ccccc2C1. The molecule has 0 radical (unpaired) electrons. The Hall–Kier alpha value is -0.900. The second-order valence-electron chi connectivity index (χ2n) is 5.36. The minimum absolute atomic E-state index is 0.0428. The molecule has 2 atom stereocenters. The first-order chi connectivity index (χ1) is 8.69. The molecule has 3 N–H and O–H groups in total. The lowest BCUT2D eigenvalue weighted by atomic mass is 9.78. The van der Waals surface area contributed by atoms with Gasteiger partial charge in [0.2, 0.25) is 0 Å². The molecular formula is C15H24N2O. The van der Waals surface area contributed by atoms with Crippen molar-refractivity contribution < 1.29 is 4.74 Å². The van der Waals surface area contributed by atoms with E-state index >= 15 is 0 Å². The van der Waals surface area contributed by atoms with Crippen LogP contribution in [0.5, 0.6) is 0 Å². The zero-order valence-corrected chi connectivity index (χ0v) is 11.4. The van der Waals surface area contributed by atoms with Crippen LogP contribution in [0.25, 0.3) is 0 Å². The van der Waals surface area contributed by atoms with Crippen molar-refractivity contribution in [2.24, 2.45) is 5.73 Å². The van der Waals surface area contributed by atoms with Crippen molar-refractivity contribution >= 4 is 0 Å². The molecule has 3 nitrogen and oxygen atoms in total. The van der Waals surface area contributed by atoms with Crippen molar-refractivity contribution in [3.8, 4) is 0 Å². The van der Waals surface area contributed by atoms with Crippen LogP contribution in [0, 0.1) is 0 Å². The first-order valence-corrected chi connectivity index (χ1v) is 6.74. The van der Waals surface area contributed by atoms with Crippen LogP contribution < -0.4 is 11.1 Å². The molecule has 0 bridgehead atoms. The Balaban J connectivity index is 2.06. The number of hydrogen-bond acceptors (Lipinski definition) is 3. The van der Waals surface area contributed by atoms with Crippen LogP contribution in [0.1, 0.15) is 24.5 Å². The highest BCUT2D eigenvalue weighted by Gasteiger charge is 2.32. The molecule has 0 aliphatic heterocycles. The number of rotatable bonds is 5. The van der Waals surface area contributed by atoms with Gasteiger partial charge in [0.25, 0.3) is 0 Å². The van der Waals surface area contributed by atoms with Gasteiger partial charge in [-0.25, -0.2) is 0 Å². The Morgan fingerprint density at radius 3 is 2.78 bits per heavy atom. The Kier molecular flexibility index (Phi) is 4.38. The van der Waals surface area contributed by atoms with E-state index in [1.807, 2.05) is 0 Å². The maximum absolute atomic E-state index is 6.02. The predicted molar refractivity (Wildman–Crippen MR) is 74.7 cm³/mol. The number of nitrogens with one attached hydrogen (secondary N) is 1. The summed E-state index contributed by atoms with van der Waals surface area (Å²) in [6.07, 6.45) is 3.47. The number of nitrogens with two attached hydrogens (primary N) is 1. The van der Waals surface area contributed by atoms with Gasteiger partial charge in [0, 0.05) is 25.7 Å². The van der Waals surface area contributed by atoms with Gasteiger partial charge in [-0.15, -0.1) is 0 Å². The second-order valence-corrected chi connectivity index (χ2v) is 5.36. The molecule has 2 unspecified atom stereocenters. The van der Waals surface area contributed by atoms with E-state index in [-0.39, 0.29) is 11.6 Å². The average Bonchev–Trinajstić information content (AvgIpc) is 2.44. The van der Waals surface area contributed by atoms with Crippen LogP contribution in [-0.2, 0) is 17.6 Å². The predicted octanol–water partition coefficient (Wildman–Crippen LogP) is 1.50. The van der Waals surface area contributed by atoms with Crippen LogP contribution in [0.15, 0.2) is 24.3 Å². The molecule has 1 aliphatic carbocycles. The summed E-state index contributed by atoms with van der Waals surface area (Å²) >= 11 is 0. The average molecular weight is 248 g/mol. The van der Waals surface area contributed by atoms with Crippen molar-refractivity contribution in [1.82, 2.24) is 5.32 Å². The normalized spacial score (nSPS) is 24.6. The number of methoxy groups -OCH3 is 1. The smallest absolute Gasteiger partial charge is 0.0667 e. The lowest BCUT2D eigenvalue weighted by Gasteiger charge is -2.39. The molecule has 0 spiro atoms. The molecule has 0 fully saturated rings. The fourth-order valence-electron chi connectivity index (χ4n) is 2.64. The molecule has 0 heterocycles. The van der Waals surface area contributed by atoms with Gasteiger partial charge in [-0.1, -0.05) is 24.3 Å². The van der Waals surface area contributed by atoms with Gasteiger partial charge in [-0.05, 0) is 37.3 Å². The summed E-state index contributed by atoms with van der Waals surface area (Å²) in [6.45, 7) is 3.61. The maximum Gasteiger partial charge on any atom is 0.0667 e. The van der Waals surface area contributed by atoms with Crippen LogP contribution >= 0.6 is 0 Å². The van der Waals surface area contributed by atoms with Gasteiger partial charge in [-0.2, -0.15) is 0 Å². The van der Waals surface area contributed by atoms with Crippen molar-refractivity contribution in [3.05, 3.63) is 35.4 Å². The molecule has 0 amide bonds. The Labute approximate surface area is 110 Å². The van der Waals surface area contributed by atoms with Crippen LogP contribution in [0.2, 0.25) is 0 Å². The maximum atomic E-state index is 6.02. The molecule has 1 aromatic rings. The highest BCUT2D eigenvalue weighted by molar-refractivity contribution is 5.32. The van der Waals surface area contributed by atoms with E-state index in [2.05, 4.69) is 36.5 Å². The first kappa shape index (κ1) is 13.5. The van der Waals surface area contributed by atoms with Crippen molar-refractivity contribution in [3.63, 3.8) is 0 Å². The molecule has 1 aromatic carbocycles. The van der Waals surface area contributed by atoms with Gasteiger partial charge in [0.1, 0.15) is 0 Å². The zero-order valence-electron chi connectivity index (χ0n) is 11.4. The number of fused-ring (bicyclic) bond motifs is 1. The molecule has 3 heteroatoms. The van der Waals surface area contributed by atoms with Crippen LogP contribution in [0.4, 0.5) is 0 Å². The highest BCUT2D eigenvalue weighted by Crippen LogP contribution is 2.28. The summed E-state index contributed by atoms with van der Waals surface area (Å²) in [6, 6.07) is 8.69. The number of hydrogen-bond donors (Lipinski definition) is 2. The van der Waals surface area contributed by atoms with Gasteiger partial charge in [-0.3, -0.25) is 0 Å². The van der Waals surface area contributed by atoms with E-state index in [0.29, 0.717) is 6.54 Å². The molecule has 0 saturated carbocycles. The first-order valence-electron chi connectivity index (χ1n) is 6.74. The second kappa shape index (κ2) is 5.83. The van der Waals surface area contributed by atoms with E-state index in [9.17, 15) is 0 Å². The van der Waals surface area contributed by atoms with Crippen molar-refractivity contribution in [2.45, 2.75) is 37.8 Å². The molecule has 2 rings (SSSR count). The van der Waals surface area contributed by atoms with Crippen LogP contribution in [0.3, 0.4) is 0 Å². The van der Waals surface area contributed by atoms with Crippen LogP contribution in [-0.4, -0.2) is 31.8 Å². The van der Waals surface area contributed by atoms with Gasteiger partial charge in [0.15, 0.2) is 0 Å². The summed E-state index contributed by atoms with van der Waals surface area (Å²) in [4.78, 5) is 0. The summed E-state index contributed by atoms with van der Waals surface area (Å²) in [5.74, 6) is 0. The monoisotopic (exact) mass is 248 g/mol. The molecule has 1 aliphatic rings. The Morgan fingerprint density at radius 1 is 1.39 bits per heavy atom. The van der Waals surface area contributed by atoms with E-state index in [0.717, 1.165) is 25.8 Å². The van der Waals surface area contributed by atoms with Gasteiger partial charge < -0.3 is 15.8 Å². The standard InChI is InChI=1S/C15H24N2O/c1-12(18-2)10-17-15(11-16)8-7-13-5-3-4-6-14(13)9-15/h3-6,12,17H,7-11,16H2,1-2H3. The fraction of sp³-hybridized carbons (Fsp3) is 0.600. The third-order valence-electron chi connectivity index (χ3n) is 4.08. The number of ether oxygens (including phenoxy) is 1. The minimum atomic E-state index is 0.0428. The lowest BCUT2D eigenvalue weighted by molar-refractivity contribution is 0.105. The zero-order chi connectivity index (χ0) is 13.0. The number of aryl methyl sites for hydroxylation is 1. The lowest BCUT2D eigenvalue weighted by Crippen LogP contribution is -2.56. The van der Waals surface area contributed by atoms with E-state index in [1.165, 1.54) is 11.1 Å². The molecule has 0 saturated heterocycles. The summed E-state index contributed by atoms with van der Waals surface area (Å²) in [5, 5.41) is 3.63. The molecule has 18 heavy (non-hydrogen) atoms. The van der Waals surface area contributed by atoms with Crippen molar-refractivity contribution in [2.75, 3.05) is 20.2 Å². The van der Waals surface area contributed by atoms with Gasteiger partial charge in [0.05, 0.1) is 6.10 Å². The van der Waals surface area contributed by atoms with E-state index in [4.69, 9.17) is 10.5 Å². The quantitative estimate of drug-likeness (QED) is 0.830. The summed E-state index contributed by atoms with van der Waals surface area (Å²) in [7, 11) is 1.75. The topological polar surface area (TPSA) is 47.3 Å². The number of benzene rings is 1. The molecule has 100 valence electrons. The van der Waals surface area contributed by atoms with Crippen molar-refractivity contribution in [1.29, 1.82) is 0 Å². The molecule has 0 aromatic heterocycles. The largest absolute Gasteiger partial charge is 0.380 e. The highest BCUT2D eigenvalue weighted by atomic mass is 16.5. The summed E-state index contributed by atoms with van der Waals surface area (Å²) < 4.78 is 5.30. The third kappa shape index (κ3) is 2.91. The van der Waals surface area contributed by atoms with Gasteiger partial charge >= 0.3 is 0 Å². The Bertz CT molecular complexity index is 394. The Morgan fingerprint density at radius 2 is 2.11 bits per heavy atom. The van der Waals surface area contributed by atoms with E-state index < -0.39 is 0 Å². The molecular weight excluding hydrogens is 224 g/mol. The minimum Gasteiger partial charge on any atom is -0.380 e. The third-order valence-corrected chi connectivity index (χ3v) is 4.08. The fourth-order valence-corrected chi connectivity index (χ4v) is 2.64.